The van der Waals surface area contributed by atoms with Crippen molar-refractivity contribution >= 4 is 0 Å². The fourth-order valence-electron chi connectivity index (χ4n) is 0.809. The summed E-state index contributed by atoms with van der Waals surface area (Å²) < 4.78 is 0. The Hall–Kier alpha value is -1.46. The molecule has 1 atom stereocenters. The molecule has 2 N–H and O–H groups in total. The smallest absolute Gasteiger partial charge is 0.143 e. The quantitative estimate of drug-likeness (QED) is 0.584. The van der Waals surface area contributed by atoms with E-state index in [1.165, 1.54) is 6.07 Å². The first-order valence-corrected chi connectivity index (χ1v) is 3.18. The largest absolute Gasteiger partial charge is 0.508 e. The van der Waals surface area contributed by atoms with Gasteiger partial charge in [-0.25, -0.2) is 0 Å². The Morgan fingerprint density at radius 3 is 2.55 bits per heavy atom. The van der Waals surface area contributed by atoms with Gasteiger partial charge >= 0.3 is 0 Å². The average Bonchev–Trinajstić information content (AvgIpc) is 2.04. The van der Waals surface area contributed by atoms with Crippen molar-refractivity contribution in [3.8, 4) is 18.1 Å². The van der Waals surface area contributed by atoms with E-state index in [1.807, 2.05) is 0 Å². The van der Waals surface area contributed by atoms with Gasteiger partial charge in [-0.1, -0.05) is 24.1 Å². The van der Waals surface area contributed by atoms with Crippen LogP contribution >= 0.6 is 0 Å². The van der Waals surface area contributed by atoms with E-state index in [4.69, 9.17) is 16.6 Å². The third-order valence-corrected chi connectivity index (χ3v) is 1.39. The molecule has 1 aromatic carbocycles. The van der Waals surface area contributed by atoms with E-state index < -0.39 is 6.10 Å². The van der Waals surface area contributed by atoms with E-state index in [-0.39, 0.29) is 5.75 Å². The molecule has 0 saturated carbocycles. The zero-order chi connectivity index (χ0) is 8.27. The summed E-state index contributed by atoms with van der Waals surface area (Å²) >= 11 is 0. The molecule has 0 spiro atoms. The van der Waals surface area contributed by atoms with E-state index >= 15 is 0 Å². The average molecular weight is 148 g/mol. The summed E-state index contributed by atoms with van der Waals surface area (Å²) in [6.45, 7) is 0. The molecule has 2 nitrogen and oxygen atoms in total. The van der Waals surface area contributed by atoms with Crippen LogP contribution in [-0.2, 0) is 0 Å². The number of terminal acetylenes is 1. The molecule has 0 aliphatic carbocycles. The Labute approximate surface area is 65.1 Å². The van der Waals surface area contributed by atoms with Gasteiger partial charge in [-0.05, 0) is 6.07 Å². The zero-order valence-corrected chi connectivity index (χ0v) is 5.86. The maximum Gasteiger partial charge on any atom is 0.143 e. The van der Waals surface area contributed by atoms with E-state index in [0.29, 0.717) is 5.56 Å². The van der Waals surface area contributed by atoms with Gasteiger partial charge in [0, 0.05) is 5.56 Å². The molecule has 0 radical (unpaired) electrons. The van der Waals surface area contributed by atoms with Gasteiger partial charge in [-0.2, -0.15) is 0 Å². The zero-order valence-electron chi connectivity index (χ0n) is 5.86. The van der Waals surface area contributed by atoms with Crippen molar-refractivity contribution in [1.82, 2.24) is 0 Å². The first-order chi connectivity index (χ1) is 5.25. The second-order valence-corrected chi connectivity index (χ2v) is 2.13. The molecule has 0 bridgehead atoms. The number of phenolic OH excluding ortho intramolecular Hbond substituents is 1. The lowest BCUT2D eigenvalue weighted by Crippen LogP contribution is -1.92. The van der Waals surface area contributed by atoms with Crippen LogP contribution in [0.25, 0.3) is 0 Å². The molecule has 0 fully saturated rings. The maximum absolute atomic E-state index is 9.16. The van der Waals surface area contributed by atoms with E-state index in [1.54, 1.807) is 18.2 Å². The molecule has 0 aliphatic rings. The van der Waals surface area contributed by atoms with Gasteiger partial charge in [0.1, 0.15) is 11.9 Å². The number of aromatic hydroxyl groups is 1. The van der Waals surface area contributed by atoms with Crippen LogP contribution in [-0.4, -0.2) is 10.2 Å². The van der Waals surface area contributed by atoms with Gasteiger partial charge in [0.05, 0.1) is 0 Å². The summed E-state index contributed by atoms with van der Waals surface area (Å²) in [5.41, 5.74) is 0.370. The maximum atomic E-state index is 9.16. The standard InChI is InChI=1S/C9H8O2/c1-2-8(10)7-5-3-4-6-9(7)11/h1,3-6,8,10-11H/t8-/m1/s1. The van der Waals surface area contributed by atoms with E-state index in [9.17, 15) is 0 Å². The minimum absolute atomic E-state index is 0.0259. The van der Waals surface area contributed by atoms with Crippen LogP contribution in [0.15, 0.2) is 24.3 Å². The summed E-state index contributed by atoms with van der Waals surface area (Å²) in [5, 5.41) is 18.3. The number of aliphatic hydroxyl groups excluding tert-OH is 1. The fourth-order valence-corrected chi connectivity index (χ4v) is 0.809. The molecule has 1 aromatic rings. The van der Waals surface area contributed by atoms with Crippen LogP contribution in [0.2, 0.25) is 0 Å². The molecule has 0 unspecified atom stereocenters. The Balaban J connectivity index is 3.05. The van der Waals surface area contributed by atoms with E-state index in [2.05, 4.69) is 5.92 Å². The van der Waals surface area contributed by atoms with Gasteiger partial charge in [-0.15, -0.1) is 6.42 Å². The normalized spacial score (nSPS) is 12.0. The molecule has 0 aromatic heterocycles. The summed E-state index contributed by atoms with van der Waals surface area (Å²) in [4.78, 5) is 0. The van der Waals surface area contributed by atoms with Crippen molar-refractivity contribution in [2.75, 3.05) is 0 Å². The molecule has 11 heavy (non-hydrogen) atoms. The van der Waals surface area contributed by atoms with Crippen LogP contribution in [0.5, 0.6) is 5.75 Å². The van der Waals surface area contributed by atoms with Crippen LogP contribution in [0.3, 0.4) is 0 Å². The Kier molecular flexibility index (Phi) is 2.15. The summed E-state index contributed by atoms with van der Waals surface area (Å²) in [6, 6.07) is 6.44. The lowest BCUT2D eigenvalue weighted by Gasteiger charge is -2.04. The lowest BCUT2D eigenvalue weighted by atomic mass is 10.1. The van der Waals surface area contributed by atoms with Gasteiger partial charge in [-0.3, -0.25) is 0 Å². The molecule has 0 saturated heterocycles. The number of para-hydroxylation sites is 1. The topological polar surface area (TPSA) is 40.5 Å². The Bertz CT molecular complexity index is 286. The van der Waals surface area contributed by atoms with Crippen molar-refractivity contribution in [3.63, 3.8) is 0 Å². The number of benzene rings is 1. The summed E-state index contributed by atoms with van der Waals surface area (Å²) in [6.07, 6.45) is 3.94. The highest BCUT2D eigenvalue weighted by Crippen LogP contribution is 2.22. The first kappa shape index (κ1) is 7.64. The summed E-state index contributed by atoms with van der Waals surface area (Å²) in [7, 11) is 0. The molecule has 1 rings (SSSR count). The van der Waals surface area contributed by atoms with Crippen molar-refractivity contribution in [2.45, 2.75) is 6.10 Å². The van der Waals surface area contributed by atoms with E-state index in [0.717, 1.165) is 0 Å². The highest BCUT2D eigenvalue weighted by atomic mass is 16.3. The number of hydrogen-bond acceptors (Lipinski definition) is 2. The Morgan fingerprint density at radius 2 is 2.00 bits per heavy atom. The van der Waals surface area contributed by atoms with Gasteiger partial charge < -0.3 is 10.2 Å². The predicted molar refractivity (Wildman–Crippen MR) is 41.9 cm³/mol. The monoisotopic (exact) mass is 148 g/mol. The molecule has 0 heterocycles. The van der Waals surface area contributed by atoms with Crippen LogP contribution < -0.4 is 0 Å². The van der Waals surface area contributed by atoms with Crippen LogP contribution in [0.4, 0.5) is 0 Å². The minimum Gasteiger partial charge on any atom is -0.508 e. The molecular formula is C9H8O2. The predicted octanol–water partition coefficient (Wildman–Crippen LogP) is 1.06. The third-order valence-electron chi connectivity index (χ3n) is 1.39. The lowest BCUT2D eigenvalue weighted by molar-refractivity contribution is 0.233. The molecule has 0 amide bonds. The fraction of sp³-hybridized carbons (Fsp3) is 0.111. The van der Waals surface area contributed by atoms with Crippen molar-refractivity contribution in [2.24, 2.45) is 0 Å². The minimum atomic E-state index is -1.02. The highest BCUT2D eigenvalue weighted by Gasteiger charge is 2.06. The number of aliphatic hydroxyl groups is 1. The Morgan fingerprint density at radius 1 is 1.36 bits per heavy atom. The van der Waals surface area contributed by atoms with Crippen molar-refractivity contribution in [1.29, 1.82) is 0 Å². The number of phenols is 1. The molecule has 0 aliphatic heterocycles. The third kappa shape index (κ3) is 1.51. The number of rotatable bonds is 1. The second kappa shape index (κ2) is 3.09. The second-order valence-electron chi connectivity index (χ2n) is 2.13. The van der Waals surface area contributed by atoms with Crippen molar-refractivity contribution in [3.05, 3.63) is 29.8 Å². The SMILES string of the molecule is C#C[C@@H](O)c1ccccc1O. The molecule has 56 valence electrons. The van der Waals surface area contributed by atoms with Crippen LogP contribution in [0, 0.1) is 12.3 Å². The number of hydrogen-bond donors (Lipinski definition) is 2. The van der Waals surface area contributed by atoms with Crippen LogP contribution in [0.1, 0.15) is 11.7 Å². The van der Waals surface area contributed by atoms with Gasteiger partial charge in [0.25, 0.3) is 0 Å². The molecule has 2 heteroatoms. The molecular weight excluding hydrogens is 140 g/mol. The van der Waals surface area contributed by atoms with Gasteiger partial charge in [0.2, 0.25) is 0 Å². The summed E-state index contributed by atoms with van der Waals surface area (Å²) in [5.74, 6) is 2.14. The first-order valence-electron chi connectivity index (χ1n) is 3.18. The van der Waals surface area contributed by atoms with Crippen molar-refractivity contribution < 1.29 is 10.2 Å². The van der Waals surface area contributed by atoms with Gasteiger partial charge in [0.15, 0.2) is 0 Å². The highest BCUT2D eigenvalue weighted by molar-refractivity contribution is 5.36.